The van der Waals surface area contributed by atoms with Crippen molar-refractivity contribution in [1.29, 1.82) is 0 Å². The van der Waals surface area contributed by atoms with Gasteiger partial charge in [0.2, 0.25) is 0 Å². The van der Waals surface area contributed by atoms with Gasteiger partial charge in [0.15, 0.2) is 0 Å². The summed E-state index contributed by atoms with van der Waals surface area (Å²) in [5.74, 6) is 1.15. The quantitative estimate of drug-likeness (QED) is 0.787. The zero-order chi connectivity index (χ0) is 11.9. The Balaban J connectivity index is 1.70. The summed E-state index contributed by atoms with van der Waals surface area (Å²) < 4.78 is 2.12. The number of hydrogen-bond acceptors (Lipinski definition) is 4. The molecule has 6 nitrogen and oxygen atoms in total. The molecule has 6 heteroatoms. The van der Waals surface area contributed by atoms with Crippen LogP contribution in [0.5, 0.6) is 0 Å². The Morgan fingerprint density at radius 2 is 2.24 bits per heavy atom. The van der Waals surface area contributed by atoms with E-state index >= 15 is 0 Å². The average molecular weight is 236 g/mol. The summed E-state index contributed by atoms with van der Waals surface area (Å²) in [7, 11) is 0. The van der Waals surface area contributed by atoms with E-state index in [2.05, 4.69) is 20.1 Å². The van der Waals surface area contributed by atoms with Crippen molar-refractivity contribution in [3.05, 3.63) is 11.6 Å². The molecule has 0 saturated heterocycles. The number of nitrogens with zero attached hydrogens (tertiary/aromatic N) is 3. The number of rotatable bonds is 4. The maximum atomic E-state index is 11.0. The molecule has 0 spiro atoms. The highest BCUT2D eigenvalue weighted by atomic mass is 16.4. The van der Waals surface area contributed by atoms with Crippen molar-refractivity contribution < 1.29 is 9.90 Å². The minimum absolute atomic E-state index is 0.499. The number of hydrogen-bond donors (Lipinski definition) is 2. The second-order valence-electron chi connectivity index (χ2n) is 4.88. The summed E-state index contributed by atoms with van der Waals surface area (Å²) in [6.45, 7) is 1.46. The first-order chi connectivity index (χ1) is 8.21. The molecule has 0 bridgehead atoms. The number of carboxylic acids is 1. The molecule has 1 aliphatic carbocycles. The third-order valence-corrected chi connectivity index (χ3v) is 3.68. The predicted molar refractivity (Wildman–Crippen MR) is 59.4 cm³/mol. The number of carbonyl (C=O) groups is 1. The minimum Gasteiger partial charge on any atom is -0.480 e. The van der Waals surface area contributed by atoms with Crippen LogP contribution in [0.1, 0.15) is 37.3 Å². The Hall–Kier alpha value is -1.43. The smallest absolute Gasteiger partial charge is 0.323 e. The number of nitrogens with one attached hydrogen (secondary N) is 1. The van der Waals surface area contributed by atoms with Crippen molar-refractivity contribution in [2.75, 3.05) is 0 Å². The summed E-state index contributed by atoms with van der Waals surface area (Å²) in [4.78, 5) is 11.0. The lowest BCUT2D eigenvalue weighted by Gasteiger charge is -2.16. The second-order valence-corrected chi connectivity index (χ2v) is 4.88. The lowest BCUT2D eigenvalue weighted by Crippen LogP contribution is -2.39. The number of fused-ring (bicyclic) bond motifs is 1. The summed E-state index contributed by atoms with van der Waals surface area (Å²) in [6.07, 6.45) is 4.73. The van der Waals surface area contributed by atoms with Gasteiger partial charge in [-0.2, -0.15) is 0 Å². The molecule has 2 heterocycles. The van der Waals surface area contributed by atoms with Crippen LogP contribution in [0.15, 0.2) is 0 Å². The highest BCUT2D eigenvalue weighted by molar-refractivity contribution is 5.82. The van der Waals surface area contributed by atoms with Crippen molar-refractivity contribution >= 4 is 5.97 Å². The largest absolute Gasteiger partial charge is 0.480 e. The van der Waals surface area contributed by atoms with Gasteiger partial charge in [0.05, 0.1) is 6.54 Å². The van der Waals surface area contributed by atoms with Crippen LogP contribution < -0.4 is 5.32 Å². The van der Waals surface area contributed by atoms with Crippen LogP contribution in [0.25, 0.3) is 0 Å². The summed E-state index contributed by atoms with van der Waals surface area (Å²) in [5, 5.41) is 20.5. The fraction of sp³-hybridized carbons (Fsp3) is 0.727. The van der Waals surface area contributed by atoms with E-state index in [1.165, 1.54) is 6.42 Å². The highest BCUT2D eigenvalue weighted by Gasteiger charge is 2.50. The van der Waals surface area contributed by atoms with Crippen LogP contribution in [-0.2, 0) is 24.3 Å². The van der Waals surface area contributed by atoms with Crippen molar-refractivity contribution in [1.82, 2.24) is 20.1 Å². The second kappa shape index (κ2) is 3.80. The third kappa shape index (κ3) is 1.82. The first-order valence-corrected chi connectivity index (χ1v) is 6.11. The van der Waals surface area contributed by atoms with E-state index < -0.39 is 11.5 Å². The van der Waals surface area contributed by atoms with Crippen molar-refractivity contribution in [2.24, 2.45) is 0 Å². The summed E-state index contributed by atoms with van der Waals surface area (Å²) in [6, 6.07) is 0. The molecule has 2 aliphatic rings. The Labute approximate surface area is 99.0 Å². The van der Waals surface area contributed by atoms with Gasteiger partial charge in [-0.3, -0.25) is 10.1 Å². The molecule has 1 aromatic rings. The van der Waals surface area contributed by atoms with Crippen LogP contribution in [0.2, 0.25) is 0 Å². The Bertz CT molecular complexity index is 450. The van der Waals surface area contributed by atoms with Gasteiger partial charge in [0.1, 0.15) is 17.2 Å². The zero-order valence-electron chi connectivity index (χ0n) is 9.65. The van der Waals surface area contributed by atoms with E-state index in [9.17, 15) is 4.79 Å². The van der Waals surface area contributed by atoms with Gasteiger partial charge in [-0.1, -0.05) is 0 Å². The van der Waals surface area contributed by atoms with E-state index in [1.54, 1.807) is 0 Å². The molecule has 0 radical (unpaired) electrons. The fourth-order valence-corrected chi connectivity index (χ4v) is 2.34. The molecular weight excluding hydrogens is 220 g/mol. The first kappa shape index (κ1) is 10.7. The maximum Gasteiger partial charge on any atom is 0.323 e. The molecule has 0 amide bonds. The SMILES string of the molecule is O=C(O)C1(NCc2nnc3n2CCCC3)CC1. The Morgan fingerprint density at radius 1 is 1.41 bits per heavy atom. The maximum absolute atomic E-state index is 11.0. The topological polar surface area (TPSA) is 80.0 Å². The van der Waals surface area contributed by atoms with Gasteiger partial charge in [-0.15, -0.1) is 10.2 Å². The van der Waals surface area contributed by atoms with Crippen LogP contribution >= 0.6 is 0 Å². The fourth-order valence-electron chi connectivity index (χ4n) is 2.34. The standard InChI is InChI=1S/C11H16N4O2/c16-10(17)11(4-5-11)12-7-9-14-13-8-3-1-2-6-15(8)9/h12H,1-7H2,(H,16,17). The van der Waals surface area contributed by atoms with Crippen LogP contribution in [0, 0.1) is 0 Å². The van der Waals surface area contributed by atoms with E-state index in [0.29, 0.717) is 19.4 Å². The molecule has 1 aromatic heterocycles. The molecule has 3 rings (SSSR count). The van der Waals surface area contributed by atoms with E-state index in [-0.39, 0.29) is 0 Å². The Morgan fingerprint density at radius 3 is 2.94 bits per heavy atom. The highest BCUT2D eigenvalue weighted by Crippen LogP contribution is 2.35. The van der Waals surface area contributed by atoms with Gasteiger partial charge < -0.3 is 9.67 Å². The monoisotopic (exact) mass is 236 g/mol. The van der Waals surface area contributed by atoms with Gasteiger partial charge >= 0.3 is 5.97 Å². The lowest BCUT2D eigenvalue weighted by atomic mass is 10.1. The van der Waals surface area contributed by atoms with E-state index in [4.69, 9.17) is 5.11 Å². The van der Waals surface area contributed by atoms with Gasteiger partial charge in [0, 0.05) is 13.0 Å². The van der Waals surface area contributed by atoms with Gasteiger partial charge in [-0.05, 0) is 25.7 Å². The number of aliphatic carboxylic acids is 1. The van der Waals surface area contributed by atoms with Crippen LogP contribution in [0.3, 0.4) is 0 Å². The lowest BCUT2D eigenvalue weighted by molar-refractivity contribution is -0.140. The van der Waals surface area contributed by atoms with Crippen molar-refractivity contribution in [3.8, 4) is 0 Å². The molecule has 17 heavy (non-hydrogen) atoms. The summed E-state index contributed by atoms with van der Waals surface area (Å²) in [5.41, 5.74) is -0.693. The predicted octanol–water partition coefficient (Wildman–Crippen LogP) is 0.321. The molecule has 1 fully saturated rings. The number of aryl methyl sites for hydroxylation is 1. The molecule has 1 aliphatic heterocycles. The van der Waals surface area contributed by atoms with Crippen LogP contribution in [-0.4, -0.2) is 31.4 Å². The number of aromatic nitrogens is 3. The molecule has 0 aromatic carbocycles. The van der Waals surface area contributed by atoms with Crippen LogP contribution in [0.4, 0.5) is 0 Å². The summed E-state index contributed by atoms with van der Waals surface area (Å²) >= 11 is 0. The van der Waals surface area contributed by atoms with Crippen molar-refractivity contribution in [2.45, 2.75) is 50.7 Å². The molecule has 1 saturated carbocycles. The third-order valence-electron chi connectivity index (χ3n) is 3.68. The Kier molecular flexibility index (Phi) is 2.39. The average Bonchev–Trinajstić information content (AvgIpc) is 3.02. The van der Waals surface area contributed by atoms with Gasteiger partial charge in [-0.25, -0.2) is 0 Å². The molecular formula is C11H16N4O2. The molecule has 2 N–H and O–H groups in total. The molecule has 0 unspecified atom stereocenters. The van der Waals surface area contributed by atoms with Gasteiger partial charge in [0.25, 0.3) is 0 Å². The normalized spacial score (nSPS) is 20.9. The molecule has 92 valence electrons. The van der Waals surface area contributed by atoms with E-state index in [1.807, 2.05) is 0 Å². The minimum atomic E-state index is -0.754. The van der Waals surface area contributed by atoms with Crippen molar-refractivity contribution in [3.63, 3.8) is 0 Å². The zero-order valence-corrected chi connectivity index (χ0v) is 9.65. The van der Waals surface area contributed by atoms with E-state index in [0.717, 1.165) is 31.0 Å². The first-order valence-electron chi connectivity index (χ1n) is 6.11. The number of carboxylic acid groups (broad SMARTS) is 1. The molecule has 0 atom stereocenters.